The SMILES string of the molecule is NC(=S)c1ccc(CNC(=O)Cc2cccc(Br)c2)cc1. The second kappa shape index (κ2) is 7.33. The first-order chi connectivity index (χ1) is 10.0. The number of benzene rings is 2. The topological polar surface area (TPSA) is 55.1 Å². The molecule has 2 aromatic rings. The number of hydrogen-bond donors (Lipinski definition) is 2. The van der Waals surface area contributed by atoms with Crippen molar-refractivity contribution in [2.45, 2.75) is 13.0 Å². The van der Waals surface area contributed by atoms with Gasteiger partial charge >= 0.3 is 0 Å². The largest absolute Gasteiger partial charge is 0.389 e. The first-order valence-electron chi connectivity index (χ1n) is 6.44. The number of carbonyl (C=O) groups excluding carboxylic acids is 1. The van der Waals surface area contributed by atoms with Gasteiger partial charge in [0.25, 0.3) is 0 Å². The summed E-state index contributed by atoms with van der Waals surface area (Å²) < 4.78 is 0.973. The number of thiocarbonyl (C=S) groups is 1. The van der Waals surface area contributed by atoms with Gasteiger partial charge in [0.15, 0.2) is 0 Å². The van der Waals surface area contributed by atoms with Crippen LogP contribution < -0.4 is 11.1 Å². The van der Waals surface area contributed by atoms with Crippen molar-refractivity contribution in [1.82, 2.24) is 5.32 Å². The zero-order valence-electron chi connectivity index (χ0n) is 11.3. The Morgan fingerprint density at radius 1 is 1.14 bits per heavy atom. The minimum Gasteiger partial charge on any atom is -0.389 e. The summed E-state index contributed by atoms with van der Waals surface area (Å²) in [4.78, 5) is 12.3. The normalized spacial score (nSPS) is 10.1. The van der Waals surface area contributed by atoms with Crippen molar-refractivity contribution in [2.24, 2.45) is 5.73 Å². The lowest BCUT2D eigenvalue weighted by Gasteiger charge is -2.07. The van der Waals surface area contributed by atoms with Gasteiger partial charge in [0.2, 0.25) is 5.91 Å². The van der Waals surface area contributed by atoms with E-state index in [1.165, 1.54) is 0 Å². The van der Waals surface area contributed by atoms with Gasteiger partial charge in [-0.15, -0.1) is 0 Å². The van der Waals surface area contributed by atoms with Crippen LogP contribution in [0.2, 0.25) is 0 Å². The first kappa shape index (κ1) is 15.7. The number of rotatable bonds is 5. The average molecular weight is 363 g/mol. The van der Waals surface area contributed by atoms with Crippen LogP contribution in [0.1, 0.15) is 16.7 Å². The number of halogens is 1. The Bertz CT molecular complexity index is 656. The van der Waals surface area contributed by atoms with E-state index in [0.29, 0.717) is 18.0 Å². The molecule has 3 N–H and O–H groups in total. The highest BCUT2D eigenvalue weighted by molar-refractivity contribution is 9.10. The van der Waals surface area contributed by atoms with E-state index >= 15 is 0 Å². The van der Waals surface area contributed by atoms with E-state index in [4.69, 9.17) is 18.0 Å². The molecule has 0 unspecified atom stereocenters. The molecule has 0 atom stereocenters. The summed E-state index contributed by atoms with van der Waals surface area (Å²) in [6.45, 7) is 0.491. The van der Waals surface area contributed by atoms with Gasteiger partial charge in [-0.05, 0) is 23.3 Å². The van der Waals surface area contributed by atoms with Crippen LogP contribution in [0.4, 0.5) is 0 Å². The second-order valence-electron chi connectivity index (χ2n) is 4.64. The van der Waals surface area contributed by atoms with E-state index < -0.39 is 0 Å². The van der Waals surface area contributed by atoms with Crippen LogP contribution in [0.5, 0.6) is 0 Å². The quantitative estimate of drug-likeness (QED) is 0.804. The number of amides is 1. The number of nitrogens with two attached hydrogens (primary N) is 1. The van der Waals surface area contributed by atoms with E-state index in [1.54, 1.807) is 0 Å². The lowest BCUT2D eigenvalue weighted by molar-refractivity contribution is -0.120. The third kappa shape index (κ3) is 4.95. The molecule has 2 rings (SSSR count). The second-order valence-corrected chi connectivity index (χ2v) is 6.00. The Kier molecular flexibility index (Phi) is 5.47. The molecule has 5 heteroatoms. The molecule has 108 valence electrons. The van der Waals surface area contributed by atoms with Crippen molar-refractivity contribution in [3.63, 3.8) is 0 Å². The molecule has 0 aliphatic carbocycles. The maximum atomic E-state index is 11.9. The van der Waals surface area contributed by atoms with E-state index in [9.17, 15) is 4.79 Å². The third-order valence-electron chi connectivity index (χ3n) is 2.98. The van der Waals surface area contributed by atoms with Crippen molar-refractivity contribution >= 4 is 39.0 Å². The van der Waals surface area contributed by atoms with Crippen molar-refractivity contribution < 1.29 is 4.79 Å². The molecule has 0 fully saturated rings. The Balaban J connectivity index is 1.87. The highest BCUT2D eigenvalue weighted by Gasteiger charge is 2.04. The molecule has 3 nitrogen and oxygen atoms in total. The third-order valence-corrected chi connectivity index (χ3v) is 3.71. The molecule has 0 radical (unpaired) electrons. The van der Waals surface area contributed by atoms with E-state index in [0.717, 1.165) is 21.2 Å². The fourth-order valence-electron chi connectivity index (χ4n) is 1.88. The van der Waals surface area contributed by atoms with Crippen LogP contribution in [0.15, 0.2) is 53.0 Å². The van der Waals surface area contributed by atoms with Gasteiger partial charge in [0, 0.05) is 16.6 Å². The molecule has 0 aromatic heterocycles. The van der Waals surface area contributed by atoms with Crippen molar-refractivity contribution in [1.29, 1.82) is 0 Å². The highest BCUT2D eigenvalue weighted by atomic mass is 79.9. The Morgan fingerprint density at radius 3 is 2.48 bits per heavy atom. The predicted octanol–water partition coefficient (Wildman–Crippen LogP) is 2.94. The Labute approximate surface area is 137 Å². The standard InChI is InChI=1S/C16H15BrN2OS/c17-14-3-1-2-12(8-14)9-15(20)19-10-11-4-6-13(7-5-11)16(18)21/h1-8H,9-10H2,(H2,18,21)(H,19,20). The van der Waals surface area contributed by atoms with E-state index in [1.807, 2.05) is 48.5 Å². The monoisotopic (exact) mass is 362 g/mol. The Morgan fingerprint density at radius 2 is 1.86 bits per heavy atom. The summed E-state index contributed by atoms with van der Waals surface area (Å²) in [5, 5.41) is 2.90. The average Bonchev–Trinajstić information content (AvgIpc) is 2.45. The van der Waals surface area contributed by atoms with Crippen LogP contribution in [-0.4, -0.2) is 10.9 Å². The summed E-state index contributed by atoms with van der Waals surface area (Å²) in [6.07, 6.45) is 0.365. The first-order valence-corrected chi connectivity index (χ1v) is 7.64. The summed E-state index contributed by atoms with van der Waals surface area (Å²) in [7, 11) is 0. The highest BCUT2D eigenvalue weighted by Crippen LogP contribution is 2.12. The molecular weight excluding hydrogens is 348 g/mol. The lowest BCUT2D eigenvalue weighted by Crippen LogP contribution is -2.24. The molecule has 0 saturated heterocycles. The lowest BCUT2D eigenvalue weighted by atomic mass is 10.1. The predicted molar refractivity (Wildman–Crippen MR) is 92.0 cm³/mol. The van der Waals surface area contributed by atoms with Crippen LogP contribution in [0.25, 0.3) is 0 Å². The molecule has 0 aliphatic rings. The van der Waals surface area contributed by atoms with Gasteiger partial charge < -0.3 is 11.1 Å². The molecule has 2 aromatic carbocycles. The molecule has 0 bridgehead atoms. The molecular formula is C16H15BrN2OS. The molecule has 0 heterocycles. The van der Waals surface area contributed by atoms with E-state index in [-0.39, 0.29) is 5.91 Å². The molecule has 0 aliphatic heterocycles. The zero-order chi connectivity index (χ0) is 15.2. The van der Waals surface area contributed by atoms with Crippen LogP contribution in [0.3, 0.4) is 0 Å². The zero-order valence-corrected chi connectivity index (χ0v) is 13.7. The van der Waals surface area contributed by atoms with Gasteiger partial charge in [0.1, 0.15) is 4.99 Å². The smallest absolute Gasteiger partial charge is 0.224 e. The van der Waals surface area contributed by atoms with Crippen molar-refractivity contribution in [3.05, 3.63) is 69.7 Å². The number of carbonyl (C=O) groups is 1. The van der Waals surface area contributed by atoms with Crippen LogP contribution in [0, 0.1) is 0 Å². The van der Waals surface area contributed by atoms with Crippen molar-refractivity contribution in [2.75, 3.05) is 0 Å². The van der Waals surface area contributed by atoms with Crippen LogP contribution in [-0.2, 0) is 17.8 Å². The van der Waals surface area contributed by atoms with Gasteiger partial charge in [-0.2, -0.15) is 0 Å². The minimum atomic E-state index is -0.00785. The summed E-state index contributed by atoms with van der Waals surface area (Å²) in [5.74, 6) is -0.00785. The van der Waals surface area contributed by atoms with Gasteiger partial charge in [0.05, 0.1) is 6.42 Å². The Hall–Kier alpha value is -1.72. The van der Waals surface area contributed by atoms with Gasteiger partial charge in [-0.3, -0.25) is 4.79 Å². The fourth-order valence-corrected chi connectivity index (χ4v) is 2.47. The number of hydrogen-bond acceptors (Lipinski definition) is 2. The molecule has 1 amide bonds. The van der Waals surface area contributed by atoms with E-state index in [2.05, 4.69) is 21.2 Å². The molecule has 0 spiro atoms. The summed E-state index contributed by atoms with van der Waals surface area (Å²) >= 11 is 8.29. The fraction of sp³-hybridized carbons (Fsp3) is 0.125. The molecule has 0 saturated carbocycles. The van der Waals surface area contributed by atoms with Crippen LogP contribution >= 0.6 is 28.1 Å². The maximum Gasteiger partial charge on any atom is 0.224 e. The summed E-state index contributed by atoms with van der Waals surface area (Å²) in [6, 6.07) is 15.3. The van der Waals surface area contributed by atoms with Crippen molar-refractivity contribution in [3.8, 4) is 0 Å². The molecule has 21 heavy (non-hydrogen) atoms. The maximum absolute atomic E-state index is 11.9. The van der Waals surface area contributed by atoms with Gasteiger partial charge in [-0.25, -0.2) is 0 Å². The summed E-state index contributed by atoms with van der Waals surface area (Å²) in [5.41, 5.74) is 8.36. The number of nitrogens with one attached hydrogen (secondary N) is 1. The van der Waals surface area contributed by atoms with Gasteiger partial charge in [-0.1, -0.05) is 64.5 Å². The minimum absolute atomic E-state index is 0.00785.